The standard InChI is InChI=1S/C8H15NO4S/c1-8(2,7(10)13-3)9-5-4-6-14(9,11)12/h4-6H2,1-3H3. The van der Waals surface area contributed by atoms with Gasteiger partial charge >= 0.3 is 5.97 Å². The van der Waals surface area contributed by atoms with Crippen LogP contribution in [0.2, 0.25) is 0 Å². The summed E-state index contributed by atoms with van der Waals surface area (Å²) in [4.78, 5) is 11.4. The van der Waals surface area contributed by atoms with E-state index in [0.29, 0.717) is 13.0 Å². The highest BCUT2D eigenvalue weighted by molar-refractivity contribution is 7.89. The van der Waals surface area contributed by atoms with E-state index in [2.05, 4.69) is 4.74 Å². The summed E-state index contributed by atoms with van der Waals surface area (Å²) in [5.41, 5.74) is -1.09. The Balaban J connectivity index is 2.99. The molecule has 82 valence electrons. The number of sulfonamides is 1. The van der Waals surface area contributed by atoms with Gasteiger partial charge in [-0.25, -0.2) is 8.42 Å². The van der Waals surface area contributed by atoms with E-state index in [1.54, 1.807) is 13.8 Å². The van der Waals surface area contributed by atoms with Crippen molar-refractivity contribution in [1.82, 2.24) is 4.31 Å². The molecule has 0 aromatic heterocycles. The molecule has 1 rings (SSSR count). The van der Waals surface area contributed by atoms with Gasteiger partial charge in [0.2, 0.25) is 10.0 Å². The predicted octanol–water partition coefficient (Wildman–Crippen LogP) is -0.0265. The Kier molecular flexibility index (Phi) is 2.87. The van der Waals surface area contributed by atoms with Crippen LogP contribution >= 0.6 is 0 Å². The molecule has 0 atom stereocenters. The zero-order valence-corrected chi connectivity index (χ0v) is 9.43. The maximum Gasteiger partial charge on any atom is 0.326 e. The summed E-state index contributed by atoms with van der Waals surface area (Å²) in [5, 5.41) is 0. The fraction of sp³-hybridized carbons (Fsp3) is 0.875. The third-order valence-electron chi connectivity index (χ3n) is 2.41. The third-order valence-corrected chi connectivity index (χ3v) is 4.52. The molecule has 1 heterocycles. The zero-order valence-electron chi connectivity index (χ0n) is 8.61. The monoisotopic (exact) mass is 221 g/mol. The first-order chi connectivity index (χ1) is 6.32. The summed E-state index contributed by atoms with van der Waals surface area (Å²) in [6.45, 7) is 3.51. The fourth-order valence-electron chi connectivity index (χ4n) is 1.62. The maximum atomic E-state index is 11.5. The molecule has 1 aliphatic heterocycles. The Morgan fingerprint density at radius 2 is 2.00 bits per heavy atom. The normalized spacial score (nSPS) is 22.2. The van der Waals surface area contributed by atoms with Crippen LogP contribution in [0.4, 0.5) is 0 Å². The Labute approximate surface area is 84.1 Å². The van der Waals surface area contributed by atoms with Crippen LogP contribution in [0, 0.1) is 0 Å². The number of hydrogen-bond donors (Lipinski definition) is 0. The second-order valence-corrected chi connectivity index (χ2v) is 5.81. The van der Waals surface area contributed by atoms with Crippen LogP contribution in [0.5, 0.6) is 0 Å². The molecule has 0 spiro atoms. The van der Waals surface area contributed by atoms with E-state index in [1.807, 2.05) is 0 Å². The highest BCUT2D eigenvalue weighted by Gasteiger charge is 2.45. The molecule has 1 aliphatic rings. The van der Waals surface area contributed by atoms with Crippen molar-refractivity contribution in [3.8, 4) is 0 Å². The van der Waals surface area contributed by atoms with Crippen molar-refractivity contribution in [2.75, 3.05) is 19.4 Å². The van der Waals surface area contributed by atoms with Crippen LogP contribution in [-0.4, -0.2) is 43.6 Å². The minimum absolute atomic E-state index is 0.118. The lowest BCUT2D eigenvalue weighted by Crippen LogP contribution is -2.51. The number of nitrogens with zero attached hydrogens (tertiary/aromatic N) is 1. The smallest absolute Gasteiger partial charge is 0.326 e. The van der Waals surface area contributed by atoms with Crippen LogP contribution in [-0.2, 0) is 19.6 Å². The summed E-state index contributed by atoms with van der Waals surface area (Å²) in [5.74, 6) is -0.407. The summed E-state index contributed by atoms with van der Waals surface area (Å²) in [7, 11) is -2.01. The molecule has 6 heteroatoms. The molecule has 14 heavy (non-hydrogen) atoms. The molecule has 1 fully saturated rings. The van der Waals surface area contributed by atoms with Gasteiger partial charge in [0.1, 0.15) is 5.54 Å². The topological polar surface area (TPSA) is 63.7 Å². The third kappa shape index (κ3) is 1.76. The van der Waals surface area contributed by atoms with E-state index in [-0.39, 0.29) is 5.75 Å². The molecular formula is C8H15NO4S. The predicted molar refractivity (Wildman–Crippen MR) is 51.2 cm³/mol. The van der Waals surface area contributed by atoms with Crippen molar-refractivity contribution in [3.63, 3.8) is 0 Å². The molecule has 0 amide bonds. The molecule has 0 N–H and O–H groups in total. The first kappa shape index (κ1) is 11.5. The number of methoxy groups -OCH3 is 1. The Morgan fingerprint density at radius 1 is 1.43 bits per heavy atom. The molecule has 0 radical (unpaired) electrons. The minimum atomic E-state index is -3.27. The Bertz CT molecular complexity index is 333. The van der Waals surface area contributed by atoms with Gasteiger partial charge < -0.3 is 4.74 Å². The number of esters is 1. The van der Waals surface area contributed by atoms with Crippen LogP contribution < -0.4 is 0 Å². The van der Waals surface area contributed by atoms with Gasteiger partial charge in [-0.1, -0.05) is 0 Å². The average Bonchev–Trinajstić information content (AvgIpc) is 2.44. The van der Waals surface area contributed by atoms with Crippen molar-refractivity contribution >= 4 is 16.0 Å². The van der Waals surface area contributed by atoms with Crippen molar-refractivity contribution in [2.24, 2.45) is 0 Å². The van der Waals surface area contributed by atoms with E-state index in [0.717, 1.165) is 0 Å². The lowest BCUT2D eigenvalue weighted by atomic mass is 10.1. The SMILES string of the molecule is COC(=O)C(C)(C)N1CCCS1(=O)=O. The highest BCUT2D eigenvalue weighted by atomic mass is 32.2. The molecule has 0 aromatic rings. The van der Waals surface area contributed by atoms with Crippen molar-refractivity contribution in [2.45, 2.75) is 25.8 Å². The Morgan fingerprint density at radius 3 is 2.36 bits per heavy atom. The number of carbonyl (C=O) groups excluding carboxylic acids is 1. The molecule has 0 bridgehead atoms. The van der Waals surface area contributed by atoms with Crippen LogP contribution in [0.25, 0.3) is 0 Å². The van der Waals surface area contributed by atoms with Crippen LogP contribution in [0.15, 0.2) is 0 Å². The lowest BCUT2D eigenvalue weighted by molar-refractivity contribution is -0.150. The van der Waals surface area contributed by atoms with Gasteiger partial charge in [0.15, 0.2) is 0 Å². The quantitative estimate of drug-likeness (QED) is 0.614. The van der Waals surface area contributed by atoms with E-state index in [9.17, 15) is 13.2 Å². The first-order valence-corrected chi connectivity index (χ1v) is 6.02. The highest BCUT2D eigenvalue weighted by Crippen LogP contribution is 2.25. The van der Waals surface area contributed by atoms with Gasteiger partial charge in [-0.2, -0.15) is 4.31 Å². The number of hydrogen-bond acceptors (Lipinski definition) is 4. The fourth-order valence-corrected chi connectivity index (χ4v) is 3.51. The van der Waals surface area contributed by atoms with Gasteiger partial charge in [-0.15, -0.1) is 0 Å². The molecule has 1 saturated heterocycles. The van der Waals surface area contributed by atoms with Crippen molar-refractivity contribution < 1.29 is 17.9 Å². The van der Waals surface area contributed by atoms with Gasteiger partial charge in [0.25, 0.3) is 0 Å². The van der Waals surface area contributed by atoms with Gasteiger partial charge in [-0.05, 0) is 20.3 Å². The van der Waals surface area contributed by atoms with E-state index in [1.165, 1.54) is 11.4 Å². The molecule has 5 nitrogen and oxygen atoms in total. The molecule has 0 unspecified atom stereocenters. The van der Waals surface area contributed by atoms with Gasteiger partial charge in [0.05, 0.1) is 12.9 Å². The summed E-state index contributed by atoms with van der Waals surface area (Å²) in [6, 6.07) is 0. The number of rotatable bonds is 2. The van der Waals surface area contributed by atoms with Crippen LogP contribution in [0.3, 0.4) is 0 Å². The lowest BCUT2D eigenvalue weighted by Gasteiger charge is -2.30. The number of ether oxygens (including phenoxy) is 1. The largest absolute Gasteiger partial charge is 0.468 e. The Hall–Kier alpha value is -0.620. The van der Waals surface area contributed by atoms with E-state index >= 15 is 0 Å². The molecule has 0 aliphatic carbocycles. The average molecular weight is 221 g/mol. The number of carbonyl (C=O) groups is 1. The van der Waals surface area contributed by atoms with Crippen LogP contribution in [0.1, 0.15) is 20.3 Å². The summed E-state index contributed by atoms with van der Waals surface area (Å²) >= 11 is 0. The second-order valence-electron chi connectivity index (χ2n) is 3.79. The maximum absolute atomic E-state index is 11.5. The van der Waals surface area contributed by atoms with Gasteiger partial charge in [-0.3, -0.25) is 4.79 Å². The van der Waals surface area contributed by atoms with Crippen molar-refractivity contribution in [3.05, 3.63) is 0 Å². The van der Waals surface area contributed by atoms with E-state index in [4.69, 9.17) is 0 Å². The van der Waals surface area contributed by atoms with Gasteiger partial charge in [0, 0.05) is 6.54 Å². The van der Waals surface area contributed by atoms with E-state index < -0.39 is 21.5 Å². The summed E-state index contributed by atoms with van der Waals surface area (Å²) in [6.07, 6.45) is 0.572. The molecule has 0 aromatic carbocycles. The first-order valence-electron chi connectivity index (χ1n) is 4.41. The molecular weight excluding hydrogens is 206 g/mol. The molecule has 0 saturated carbocycles. The summed E-state index contributed by atoms with van der Waals surface area (Å²) < 4.78 is 28.9. The van der Waals surface area contributed by atoms with Crippen molar-refractivity contribution in [1.29, 1.82) is 0 Å². The zero-order chi connectivity index (χ0) is 11.0. The minimum Gasteiger partial charge on any atom is -0.468 e. The second kappa shape index (κ2) is 3.51.